The van der Waals surface area contributed by atoms with Gasteiger partial charge in [0.15, 0.2) is 0 Å². The molecule has 0 heterocycles. The first-order valence-electron chi connectivity index (χ1n) is 7.43. The summed E-state index contributed by atoms with van der Waals surface area (Å²) >= 11 is 0. The smallest absolute Gasteiger partial charge is 0.119 e. The molecule has 0 saturated heterocycles. The zero-order chi connectivity index (χ0) is 15.1. The van der Waals surface area contributed by atoms with Gasteiger partial charge in [0.2, 0.25) is 0 Å². The second-order valence-electron chi connectivity index (χ2n) is 4.92. The molecule has 1 unspecified atom stereocenters. The molecule has 3 nitrogen and oxygen atoms in total. The fourth-order valence-corrected chi connectivity index (χ4v) is 2.12. The van der Waals surface area contributed by atoms with Gasteiger partial charge in [0.1, 0.15) is 18.1 Å². The lowest BCUT2D eigenvalue weighted by Gasteiger charge is -2.14. The van der Waals surface area contributed by atoms with Crippen LogP contribution in [0, 0.1) is 0 Å². The van der Waals surface area contributed by atoms with Crippen LogP contribution >= 0.6 is 0 Å². The zero-order valence-electron chi connectivity index (χ0n) is 12.7. The lowest BCUT2D eigenvalue weighted by molar-refractivity contribution is 0.290. The van der Waals surface area contributed by atoms with E-state index >= 15 is 0 Å². The summed E-state index contributed by atoms with van der Waals surface area (Å²) in [7, 11) is 0. The predicted molar refractivity (Wildman–Crippen MR) is 85.9 cm³/mol. The molecule has 0 amide bonds. The maximum atomic E-state index is 6.17. The summed E-state index contributed by atoms with van der Waals surface area (Å²) in [6.45, 7) is 5.23. The van der Waals surface area contributed by atoms with E-state index < -0.39 is 0 Å². The van der Waals surface area contributed by atoms with Crippen LogP contribution in [0.4, 0.5) is 0 Å². The highest BCUT2D eigenvalue weighted by atomic mass is 16.5. The third kappa shape index (κ3) is 4.50. The Labute approximate surface area is 126 Å². The van der Waals surface area contributed by atoms with Crippen molar-refractivity contribution in [3.05, 3.63) is 59.7 Å². The molecular formula is C18H23NO2. The molecule has 0 aliphatic rings. The molecule has 0 radical (unpaired) electrons. The monoisotopic (exact) mass is 285 g/mol. The van der Waals surface area contributed by atoms with E-state index in [1.165, 1.54) is 5.56 Å². The number of nitrogens with two attached hydrogens (primary N) is 1. The molecule has 0 fully saturated rings. The first-order valence-corrected chi connectivity index (χ1v) is 7.43. The molecule has 0 aromatic heterocycles. The Hall–Kier alpha value is -2.00. The molecule has 112 valence electrons. The molecule has 2 aromatic rings. The van der Waals surface area contributed by atoms with Crippen molar-refractivity contribution in [2.24, 2.45) is 5.73 Å². The number of ether oxygens (including phenoxy) is 2. The van der Waals surface area contributed by atoms with Gasteiger partial charge in [-0.25, -0.2) is 0 Å². The van der Waals surface area contributed by atoms with E-state index in [2.05, 4.69) is 19.1 Å². The van der Waals surface area contributed by atoms with Crippen molar-refractivity contribution in [3.8, 4) is 11.5 Å². The number of aryl methyl sites for hydroxylation is 1. The minimum absolute atomic E-state index is 0.147. The van der Waals surface area contributed by atoms with Crippen molar-refractivity contribution in [2.45, 2.75) is 26.3 Å². The van der Waals surface area contributed by atoms with Gasteiger partial charge >= 0.3 is 0 Å². The van der Waals surface area contributed by atoms with Crippen molar-refractivity contribution in [2.75, 3.05) is 13.2 Å². The van der Waals surface area contributed by atoms with Crippen LogP contribution in [0.2, 0.25) is 0 Å². The Morgan fingerprint density at radius 3 is 2.38 bits per heavy atom. The molecular weight excluding hydrogens is 262 g/mol. The van der Waals surface area contributed by atoms with E-state index in [4.69, 9.17) is 15.2 Å². The van der Waals surface area contributed by atoms with Crippen molar-refractivity contribution in [3.63, 3.8) is 0 Å². The molecule has 1 atom stereocenters. The van der Waals surface area contributed by atoms with Crippen molar-refractivity contribution in [1.82, 2.24) is 0 Å². The molecule has 2 aromatic carbocycles. The lowest BCUT2D eigenvalue weighted by atomic mass is 10.1. The van der Waals surface area contributed by atoms with Crippen LogP contribution in [0.25, 0.3) is 0 Å². The second kappa shape index (κ2) is 7.70. The Kier molecular flexibility index (Phi) is 5.64. The average Bonchev–Trinajstić information content (AvgIpc) is 2.54. The summed E-state index contributed by atoms with van der Waals surface area (Å²) in [5.74, 6) is 1.74. The minimum Gasteiger partial charge on any atom is -0.494 e. The Bertz CT molecular complexity index is 551. The minimum atomic E-state index is -0.147. The van der Waals surface area contributed by atoms with Crippen molar-refractivity contribution >= 4 is 0 Å². The summed E-state index contributed by atoms with van der Waals surface area (Å²) in [5.41, 5.74) is 8.48. The first kappa shape index (κ1) is 15.4. The second-order valence-corrected chi connectivity index (χ2v) is 4.92. The van der Waals surface area contributed by atoms with Gasteiger partial charge in [-0.3, -0.25) is 0 Å². The Morgan fingerprint density at radius 1 is 0.952 bits per heavy atom. The van der Waals surface area contributed by atoms with E-state index in [0.717, 1.165) is 23.5 Å². The highest BCUT2D eigenvalue weighted by molar-refractivity contribution is 5.30. The van der Waals surface area contributed by atoms with Crippen LogP contribution in [-0.4, -0.2) is 13.2 Å². The largest absolute Gasteiger partial charge is 0.494 e. The van der Waals surface area contributed by atoms with Gasteiger partial charge in [-0.1, -0.05) is 31.2 Å². The van der Waals surface area contributed by atoms with Gasteiger partial charge in [0, 0.05) is 0 Å². The zero-order valence-corrected chi connectivity index (χ0v) is 12.7. The van der Waals surface area contributed by atoms with Crippen LogP contribution in [0.1, 0.15) is 31.0 Å². The van der Waals surface area contributed by atoms with Gasteiger partial charge in [-0.15, -0.1) is 0 Å². The standard InChI is InChI=1S/C18H23NO2/c1-3-14-6-5-7-17(12-14)21-13-18(19)15-8-10-16(11-9-15)20-4-2/h5-12,18H,3-4,13,19H2,1-2H3. The van der Waals surface area contributed by atoms with E-state index in [9.17, 15) is 0 Å². The van der Waals surface area contributed by atoms with Gasteiger partial charge in [0.25, 0.3) is 0 Å². The van der Waals surface area contributed by atoms with E-state index in [0.29, 0.717) is 13.2 Å². The maximum absolute atomic E-state index is 6.17. The van der Waals surface area contributed by atoms with Crippen LogP contribution in [0.15, 0.2) is 48.5 Å². The fourth-order valence-electron chi connectivity index (χ4n) is 2.12. The highest BCUT2D eigenvalue weighted by Gasteiger charge is 2.07. The van der Waals surface area contributed by atoms with Gasteiger partial charge < -0.3 is 15.2 Å². The van der Waals surface area contributed by atoms with Crippen LogP contribution in [0.5, 0.6) is 11.5 Å². The SMILES string of the molecule is CCOc1ccc(C(N)COc2cccc(CC)c2)cc1. The van der Waals surface area contributed by atoms with E-state index in [-0.39, 0.29) is 6.04 Å². The molecule has 2 N–H and O–H groups in total. The summed E-state index contributed by atoms with van der Waals surface area (Å²) in [6.07, 6.45) is 1.00. The number of hydrogen-bond donors (Lipinski definition) is 1. The van der Waals surface area contributed by atoms with Gasteiger partial charge in [-0.05, 0) is 48.7 Å². The fraction of sp³-hybridized carbons (Fsp3) is 0.333. The van der Waals surface area contributed by atoms with Gasteiger partial charge in [-0.2, -0.15) is 0 Å². The molecule has 0 spiro atoms. The maximum Gasteiger partial charge on any atom is 0.119 e. The van der Waals surface area contributed by atoms with Crippen LogP contribution < -0.4 is 15.2 Å². The van der Waals surface area contributed by atoms with Crippen molar-refractivity contribution < 1.29 is 9.47 Å². The van der Waals surface area contributed by atoms with Crippen LogP contribution in [-0.2, 0) is 6.42 Å². The third-order valence-electron chi connectivity index (χ3n) is 3.36. The molecule has 3 heteroatoms. The predicted octanol–water partition coefficient (Wildman–Crippen LogP) is 3.73. The third-order valence-corrected chi connectivity index (χ3v) is 3.36. The first-order chi connectivity index (χ1) is 10.2. The Morgan fingerprint density at radius 2 is 1.71 bits per heavy atom. The van der Waals surface area contributed by atoms with Gasteiger partial charge in [0.05, 0.1) is 12.6 Å². The number of hydrogen-bond acceptors (Lipinski definition) is 3. The van der Waals surface area contributed by atoms with Crippen molar-refractivity contribution in [1.29, 1.82) is 0 Å². The number of benzene rings is 2. The Balaban J connectivity index is 1.92. The molecule has 2 rings (SSSR count). The topological polar surface area (TPSA) is 44.5 Å². The van der Waals surface area contributed by atoms with E-state index in [1.54, 1.807) is 0 Å². The summed E-state index contributed by atoms with van der Waals surface area (Å²) in [5, 5.41) is 0. The molecule has 21 heavy (non-hydrogen) atoms. The van der Waals surface area contributed by atoms with Crippen LogP contribution in [0.3, 0.4) is 0 Å². The molecule has 0 saturated carbocycles. The lowest BCUT2D eigenvalue weighted by Crippen LogP contribution is -2.19. The quantitative estimate of drug-likeness (QED) is 0.843. The van der Waals surface area contributed by atoms with E-state index in [1.807, 2.05) is 43.3 Å². The molecule has 0 aliphatic heterocycles. The summed E-state index contributed by atoms with van der Waals surface area (Å²) in [4.78, 5) is 0. The summed E-state index contributed by atoms with van der Waals surface area (Å²) < 4.78 is 11.2. The molecule has 0 bridgehead atoms. The number of rotatable bonds is 7. The summed E-state index contributed by atoms with van der Waals surface area (Å²) in [6, 6.07) is 15.8. The highest BCUT2D eigenvalue weighted by Crippen LogP contribution is 2.19. The normalized spacial score (nSPS) is 12.0. The molecule has 0 aliphatic carbocycles. The average molecular weight is 285 g/mol.